The predicted molar refractivity (Wildman–Crippen MR) is 118 cm³/mol. The van der Waals surface area contributed by atoms with Crippen molar-refractivity contribution in [2.24, 2.45) is 0 Å². The van der Waals surface area contributed by atoms with Crippen molar-refractivity contribution >= 4 is 0 Å². The average Bonchev–Trinajstić information content (AvgIpc) is 3.13. The molecule has 3 aromatic rings. The van der Waals surface area contributed by atoms with Gasteiger partial charge in [-0.15, -0.1) is 0 Å². The molecule has 0 radical (unpaired) electrons. The van der Waals surface area contributed by atoms with E-state index >= 15 is 0 Å². The first-order chi connectivity index (χ1) is 15.3. The van der Waals surface area contributed by atoms with Gasteiger partial charge in [0, 0.05) is 49.2 Å². The van der Waals surface area contributed by atoms with Crippen molar-refractivity contribution < 1.29 is 13.2 Å². The zero-order valence-electron chi connectivity index (χ0n) is 18.6. The van der Waals surface area contributed by atoms with E-state index in [1.165, 1.54) is 17.7 Å². The van der Waals surface area contributed by atoms with Gasteiger partial charge in [-0.2, -0.15) is 18.3 Å². The molecule has 0 unspecified atom stereocenters. The molecule has 1 aliphatic rings. The van der Waals surface area contributed by atoms with E-state index in [4.69, 9.17) is 0 Å². The summed E-state index contributed by atoms with van der Waals surface area (Å²) in [6.07, 6.45) is 2.29. The third-order valence-corrected chi connectivity index (χ3v) is 6.20. The fourth-order valence-corrected chi connectivity index (χ4v) is 4.43. The molecule has 1 aromatic carbocycles. The second-order valence-corrected chi connectivity index (χ2v) is 8.64. The van der Waals surface area contributed by atoms with Crippen molar-refractivity contribution in [2.75, 3.05) is 13.1 Å². The third kappa shape index (κ3) is 5.38. The first-order valence-electron chi connectivity index (χ1n) is 11.2. The number of hydrogen-bond acceptors (Lipinski definition) is 3. The zero-order chi connectivity index (χ0) is 22.7. The standard InChI is InChI=1S/C25H29F3N4/c1-3-32-17-22(18(2)30-32)16-31-11-5-7-21(15-31)24-10-9-20(14-29-24)12-19-6-4-8-23(13-19)25(26,27)28/h4,6,8-10,13-14,17,21H,3,5,7,11-12,15-16H2,1-2H3/t21-/m0/s1. The molecule has 0 bridgehead atoms. The van der Waals surface area contributed by atoms with Crippen LogP contribution in [-0.4, -0.2) is 32.8 Å². The van der Waals surface area contributed by atoms with Crippen molar-refractivity contribution in [2.45, 2.75) is 58.3 Å². The van der Waals surface area contributed by atoms with Crippen LogP contribution >= 0.6 is 0 Å². The highest BCUT2D eigenvalue weighted by Gasteiger charge is 2.30. The minimum atomic E-state index is -4.32. The SMILES string of the molecule is CCn1cc(CN2CCC[C@H](c3ccc(Cc4cccc(C(F)(F)F)c4)cn3)C2)c(C)n1. The van der Waals surface area contributed by atoms with E-state index in [1.807, 2.05) is 23.0 Å². The van der Waals surface area contributed by atoms with E-state index in [1.54, 1.807) is 6.07 Å². The van der Waals surface area contributed by atoms with E-state index in [-0.39, 0.29) is 0 Å². The van der Waals surface area contributed by atoms with Crippen LogP contribution < -0.4 is 0 Å². The molecule has 32 heavy (non-hydrogen) atoms. The van der Waals surface area contributed by atoms with E-state index in [2.05, 4.69) is 35.0 Å². The Balaban J connectivity index is 1.39. The summed E-state index contributed by atoms with van der Waals surface area (Å²) in [5.41, 5.74) is 4.37. The topological polar surface area (TPSA) is 34.0 Å². The van der Waals surface area contributed by atoms with Gasteiger partial charge in [-0.25, -0.2) is 0 Å². The van der Waals surface area contributed by atoms with Crippen LogP contribution in [0.1, 0.15) is 59.3 Å². The quantitative estimate of drug-likeness (QED) is 0.499. The molecule has 0 N–H and O–H groups in total. The first-order valence-corrected chi connectivity index (χ1v) is 11.2. The number of aromatic nitrogens is 3. The van der Waals surface area contributed by atoms with Crippen LogP contribution in [0.25, 0.3) is 0 Å². The number of halogens is 3. The molecule has 0 aliphatic carbocycles. The number of pyridine rings is 1. The van der Waals surface area contributed by atoms with E-state index in [0.29, 0.717) is 17.9 Å². The molecular weight excluding hydrogens is 413 g/mol. The van der Waals surface area contributed by atoms with Gasteiger partial charge in [0.05, 0.1) is 11.3 Å². The molecule has 1 aliphatic heterocycles. The molecule has 1 fully saturated rings. The van der Waals surface area contributed by atoms with Gasteiger partial charge in [0.1, 0.15) is 0 Å². The maximum atomic E-state index is 13.0. The molecule has 0 spiro atoms. The summed E-state index contributed by atoms with van der Waals surface area (Å²) in [5.74, 6) is 0.368. The highest BCUT2D eigenvalue weighted by Crippen LogP contribution is 2.30. The number of hydrogen-bond donors (Lipinski definition) is 0. The summed E-state index contributed by atoms with van der Waals surface area (Å²) in [4.78, 5) is 7.15. The van der Waals surface area contributed by atoms with Crippen molar-refractivity contribution in [3.63, 3.8) is 0 Å². The number of nitrogens with zero attached hydrogens (tertiary/aromatic N) is 4. The molecule has 2 aromatic heterocycles. The number of rotatable bonds is 6. The van der Waals surface area contributed by atoms with Gasteiger partial charge in [0.15, 0.2) is 0 Å². The lowest BCUT2D eigenvalue weighted by molar-refractivity contribution is -0.137. The Bertz CT molecular complexity index is 1040. The summed E-state index contributed by atoms with van der Waals surface area (Å²) in [7, 11) is 0. The van der Waals surface area contributed by atoms with Crippen LogP contribution in [0.2, 0.25) is 0 Å². The predicted octanol–water partition coefficient (Wildman–Crippen LogP) is 5.60. The van der Waals surface area contributed by atoms with Gasteiger partial charge < -0.3 is 0 Å². The second-order valence-electron chi connectivity index (χ2n) is 8.64. The largest absolute Gasteiger partial charge is 0.416 e. The van der Waals surface area contributed by atoms with E-state index in [0.717, 1.165) is 62.0 Å². The van der Waals surface area contributed by atoms with Crippen LogP contribution in [0.4, 0.5) is 13.2 Å². The number of piperidine rings is 1. The summed E-state index contributed by atoms with van der Waals surface area (Å²) >= 11 is 0. The molecule has 4 rings (SSSR count). The first kappa shape index (κ1) is 22.5. The Kier molecular flexibility index (Phi) is 6.65. The van der Waals surface area contributed by atoms with Gasteiger partial charge in [-0.1, -0.05) is 24.3 Å². The molecule has 1 saturated heterocycles. The van der Waals surface area contributed by atoms with Gasteiger partial charge in [0.25, 0.3) is 0 Å². The number of alkyl halides is 3. The Hall–Kier alpha value is -2.67. The normalized spacial score (nSPS) is 17.6. The van der Waals surface area contributed by atoms with Crippen LogP contribution in [0.15, 0.2) is 48.8 Å². The lowest BCUT2D eigenvalue weighted by atomic mass is 9.93. The number of likely N-dealkylation sites (tertiary alicyclic amines) is 1. The lowest BCUT2D eigenvalue weighted by Crippen LogP contribution is -2.34. The fraction of sp³-hybridized carbons (Fsp3) is 0.440. The fourth-order valence-electron chi connectivity index (χ4n) is 4.43. The minimum Gasteiger partial charge on any atom is -0.298 e. The average molecular weight is 443 g/mol. The highest BCUT2D eigenvalue weighted by atomic mass is 19.4. The molecule has 1 atom stereocenters. The van der Waals surface area contributed by atoms with Crippen molar-refractivity contribution in [1.82, 2.24) is 19.7 Å². The maximum absolute atomic E-state index is 13.0. The monoisotopic (exact) mass is 442 g/mol. The van der Waals surface area contributed by atoms with Crippen molar-refractivity contribution in [3.8, 4) is 0 Å². The summed E-state index contributed by atoms with van der Waals surface area (Å²) in [6.45, 7) is 7.96. The molecular formula is C25H29F3N4. The third-order valence-electron chi connectivity index (χ3n) is 6.20. The molecule has 4 nitrogen and oxygen atoms in total. The van der Waals surface area contributed by atoms with Gasteiger partial charge in [-0.05, 0) is 62.9 Å². The van der Waals surface area contributed by atoms with Crippen molar-refractivity contribution in [3.05, 3.63) is 82.4 Å². The van der Waals surface area contributed by atoms with Crippen LogP contribution in [0, 0.1) is 6.92 Å². The molecule has 0 saturated carbocycles. The highest BCUT2D eigenvalue weighted by molar-refractivity contribution is 5.30. The van der Waals surface area contributed by atoms with Gasteiger partial charge in [0.2, 0.25) is 0 Å². The Morgan fingerprint density at radius 3 is 2.66 bits per heavy atom. The second kappa shape index (κ2) is 9.45. The minimum absolute atomic E-state index is 0.368. The van der Waals surface area contributed by atoms with E-state index < -0.39 is 11.7 Å². The van der Waals surface area contributed by atoms with Crippen LogP contribution in [-0.2, 0) is 25.7 Å². The smallest absolute Gasteiger partial charge is 0.298 e. The Labute approximate surface area is 187 Å². The number of benzene rings is 1. The van der Waals surface area contributed by atoms with Gasteiger partial charge >= 0.3 is 6.18 Å². The lowest BCUT2D eigenvalue weighted by Gasteiger charge is -2.32. The van der Waals surface area contributed by atoms with Crippen molar-refractivity contribution in [1.29, 1.82) is 0 Å². The molecule has 0 amide bonds. The summed E-state index contributed by atoms with van der Waals surface area (Å²) in [5, 5.41) is 4.55. The Morgan fingerprint density at radius 1 is 1.12 bits per heavy atom. The summed E-state index contributed by atoms with van der Waals surface area (Å²) < 4.78 is 40.8. The zero-order valence-corrected chi connectivity index (χ0v) is 18.6. The summed E-state index contributed by atoms with van der Waals surface area (Å²) in [6, 6.07) is 9.55. The number of aryl methyl sites for hydroxylation is 2. The molecule has 7 heteroatoms. The van der Waals surface area contributed by atoms with Gasteiger partial charge in [-0.3, -0.25) is 14.6 Å². The Morgan fingerprint density at radius 2 is 1.97 bits per heavy atom. The maximum Gasteiger partial charge on any atom is 0.416 e. The van der Waals surface area contributed by atoms with Crippen LogP contribution in [0.5, 0.6) is 0 Å². The van der Waals surface area contributed by atoms with E-state index in [9.17, 15) is 13.2 Å². The molecule has 170 valence electrons. The van der Waals surface area contributed by atoms with Crippen LogP contribution in [0.3, 0.4) is 0 Å². The molecule has 3 heterocycles.